The fraction of sp³-hybridized carbons (Fsp3) is 0.593. The van der Waals surface area contributed by atoms with Gasteiger partial charge in [0.1, 0.15) is 23.3 Å². The van der Waals surface area contributed by atoms with E-state index in [1.165, 1.54) is 60.8 Å². The number of anilines is 2. The summed E-state index contributed by atoms with van der Waals surface area (Å²) in [7, 11) is 0. The topological polar surface area (TPSA) is 178 Å². The lowest BCUT2D eigenvalue weighted by molar-refractivity contribution is 0.00333. The Labute approximate surface area is 448 Å². The monoisotopic (exact) mass is 1050 g/mol. The highest BCUT2D eigenvalue weighted by atomic mass is 32.1. The normalized spacial score (nSPS) is 23.5. The number of hydrogen-bond donors (Lipinski definition) is 2. The predicted octanol–water partition coefficient (Wildman–Crippen LogP) is 5.42. The van der Waals surface area contributed by atoms with Gasteiger partial charge in [-0.2, -0.15) is 37.2 Å². The maximum Gasteiger partial charge on any atom is 0.159 e. The minimum Gasteiger partial charge on any atom is -0.394 e. The lowest BCUT2D eigenvalue weighted by Gasteiger charge is -2.36. The van der Waals surface area contributed by atoms with Gasteiger partial charge in [-0.25, -0.2) is 29.3 Å². The minimum absolute atomic E-state index is 0. The van der Waals surface area contributed by atoms with Crippen molar-refractivity contribution < 1.29 is 29.2 Å². The number of rotatable bonds is 10. The molecule has 0 radical (unpaired) electrons. The van der Waals surface area contributed by atoms with Crippen LogP contribution >= 0.6 is 27.0 Å². The Morgan fingerprint density at radius 3 is 1.28 bits per heavy atom. The number of aliphatic hydroxyl groups excluding tert-OH is 2. The van der Waals surface area contributed by atoms with Gasteiger partial charge in [0.2, 0.25) is 0 Å². The average Bonchev–Trinajstić information content (AvgIpc) is 4.27. The number of hydrogen-bond acceptors (Lipinski definition) is 16. The van der Waals surface area contributed by atoms with E-state index in [1.54, 1.807) is 0 Å². The third-order valence-corrected chi connectivity index (χ3v) is 16.1. The standard InChI is InChI=1S/2C27H36N6O3.2H2S/c2*1-18-11-21-14-28-33(27-13-26(29-19(2)30-27)32-8-10-36-23(15-32)16-34)25(21)12-24(18)20-3-6-31(7-4-20)22-5-9-35-17-22;;/h2*11-14,20,22-23,34H,3-10,15-17H2,1-2H3;2*1H2/t2*22?,23-;;/m00../s1. The molecule has 0 bridgehead atoms. The van der Waals surface area contributed by atoms with Crippen molar-refractivity contribution in [2.75, 3.05) is 115 Å². The van der Waals surface area contributed by atoms with Crippen LogP contribution in [0.2, 0.25) is 0 Å². The number of ether oxygens (including phenoxy) is 4. The van der Waals surface area contributed by atoms with E-state index < -0.39 is 0 Å². The number of fused-ring (bicyclic) bond motifs is 2. The van der Waals surface area contributed by atoms with E-state index in [-0.39, 0.29) is 52.4 Å². The zero-order valence-electron chi connectivity index (χ0n) is 43.5. The third kappa shape index (κ3) is 11.7. The zero-order valence-corrected chi connectivity index (χ0v) is 45.5. The number of aromatic nitrogens is 8. The van der Waals surface area contributed by atoms with E-state index in [1.807, 2.05) is 47.7 Å². The highest BCUT2D eigenvalue weighted by molar-refractivity contribution is 7.59. The summed E-state index contributed by atoms with van der Waals surface area (Å²) in [5.41, 5.74) is 7.70. The minimum atomic E-state index is -0.193. The third-order valence-electron chi connectivity index (χ3n) is 16.1. The van der Waals surface area contributed by atoms with Gasteiger partial charge >= 0.3 is 0 Å². The smallest absolute Gasteiger partial charge is 0.159 e. The Bertz CT molecular complexity index is 2630. The van der Waals surface area contributed by atoms with Gasteiger partial charge in [0.15, 0.2) is 11.6 Å². The average molecular weight is 1050 g/mol. The second-order valence-corrected chi connectivity index (χ2v) is 20.8. The van der Waals surface area contributed by atoms with Gasteiger partial charge in [0.25, 0.3) is 0 Å². The molecule has 6 fully saturated rings. The Morgan fingerprint density at radius 2 is 0.905 bits per heavy atom. The Balaban J connectivity index is 0.000000177. The summed E-state index contributed by atoms with van der Waals surface area (Å²) in [5, 5.41) is 30.8. The second kappa shape index (κ2) is 24.2. The number of piperidine rings is 2. The quantitative estimate of drug-likeness (QED) is 0.178. The lowest BCUT2D eigenvalue weighted by Crippen LogP contribution is -2.44. The highest BCUT2D eigenvalue weighted by Gasteiger charge is 2.32. The second-order valence-electron chi connectivity index (χ2n) is 20.8. The van der Waals surface area contributed by atoms with E-state index >= 15 is 0 Å². The summed E-state index contributed by atoms with van der Waals surface area (Å²) in [4.78, 5) is 28.4. The maximum absolute atomic E-state index is 9.55. The first-order valence-corrected chi connectivity index (χ1v) is 26.4. The molecule has 6 aliphatic rings. The van der Waals surface area contributed by atoms with Gasteiger partial charge in [0, 0.05) is 74.4 Å². The molecule has 0 aliphatic carbocycles. The Hall–Kier alpha value is -4.48. The van der Waals surface area contributed by atoms with E-state index in [0.717, 1.165) is 111 Å². The SMILES string of the molecule is Cc1nc(N2CCO[C@H](CO)C2)cc(-n2ncc3cc(C)c(C4CCN(C5CCOC5)CC4)cc32)n1.Cc1nc(N2CCO[C@H](CO)C2)cc(-n2ncc3cc(C)c(C4CCN(C5CCOC5)CC4)cc32)n1.S.S. The Kier molecular flexibility index (Phi) is 17.8. The molecule has 2 aromatic carbocycles. The number of benzene rings is 2. The van der Waals surface area contributed by atoms with Crippen LogP contribution in [-0.2, 0) is 18.9 Å². The molecule has 0 saturated carbocycles. The molecule has 4 aromatic heterocycles. The van der Waals surface area contributed by atoms with Crippen molar-refractivity contribution in [2.24, 2.45) is 0 Å². The van der Waals surface area contributed by atoms with Crippen LogP contribution in [0.4, 0.5) is 11.6 Å². The molecule has 0 spiro atoms. The summed E-state index contributed by atoms with van der Waals surface area (Å²) in [6.07, 6.45) is 10.5. The molecule has 6 aromatic rings. The van der Waals surface area contributed by atoms with Crippen molar-refractivity contribution >= 4 is 60.4 Å². The number of likely N-dealkylation sites (tertiary alicyclic amines) is 2. The van der Waals surface area contributed by atoms with E-state index in [9.17, 15) is 10.2 Å². The number of aryl methyl sites for hydroxylation is 4. The molecular formula is C54H76N12O6S2. The van der Waals surface area contributed by atoms with Gasteiger partial charge in [-0.3, -0.25) is 9.80 Å². The van der Waals surface area contributed by atoms with Crippen molar-refractivity contribution in [2.45, 2.75) is 102 Å². The molecule has 4 atom stereocenters. The zero-order chi connectivity index (χ0) is 49.3. The highest BCUT2D eigenvalue weighted by Crippen LogP contribution is 2.37. The molecule has 6 saturated heterocycles. The Morgan fingerprint density at radius 1 is 0.500 bits per heavy atom. The largest absolute Gasteiger partial charge is 0.394 e. The number of morpholine rings is 2. The van der Waals surface area contributed by atoms with Crippen molar-refractivity contribution in [1.29, 1.82) is 0 Å². The van der Waals surface area contributed by atoms with Crippen LogP contribution in [0.3, 0.4) is 0 Å². The lowest BCUT2D eigenvalue weighted by atomic mass is 9.86. The molecule has 74 heavy (non-hydrogen) atoms. The van der Waals surface area contributed by atoms with Gasteiger partial charge in [-0.05, 0) is 151 Å². The van der Waals surface area contributed by atoms with Gasteiger partial charge in [-0.1, -0.05) is 0 Å². The van der Waals surface area contributed by atoms with Crippen molar-refractivity contribution in [3.8, 4) is 11.6 Å². The van der Waals surface area contributed by atoms with Crippen LogP contribution < -0.4 is 9.80 Å². The fourth-order valence-electron chi connectivity index (χ4n) is 12.1. The maximum atomic E-state index is 9.55. The molecular weight excluding hydrogens is 977 g/mol. The molecule has 400 valence electrons. The first-order valence-electron chi connectivity index (χ1n) is 26.4. The molecule has 12 rings (SSSR count). The van der Waals surface area contributed by atoms with Crippen LogP contribution in [0, 0.1) is 27.7 Å². The molecule has 20 heteroatoms. The molecule has 2 unspecified atom stereocenters. The van der Waals surface area contributed by atoms with Crippen LogP contribution in [0.1, 0.15) is 84.3 Å². The first-order chi connectivity index (χ1) is 35.2. The van der Waals surface area contributed by atoms with E-state index in [0.29, 0.717) is 61.9 Å². The predicted molar refractivity (Wildman–Crippen MR) is 297 cm³/mol. The number of aliphatic hydroxyl groups is 2. The first kappa shape index (κ1) is 54.3. The summed E-state index contributed by atoms with van der Waals surface area (Å²) in [5.74, 6) is 5.75. The van der Waals surface area contributed by atoms with Gasteiger partial charge in [-0.15, -0.1) is 0 Å². The molecule has 6 aliphatic heterocycles. The number of nitrogens with zero attached hydrogens (tertiary/aromatic N) is 12. The van der Waals surface area contributed by atoms with Crippen molar-refractivity contribution in [3.05, 3.63) is 82.7 Å². The summed E-state index contributed by atoms with van der Waals surface area (Å²) in [6.45, 7) is 20.3. The van der Waals surface area contributed by atoms with Gasteiger partial charge in [0.05, 0.1) is 75.3 Å². The summed E-state index contributed by atoms with van der Waals surface area (Å²) < 4.78 is 26.4. The van der Waals surface area contributed by atoms with Crippen molar-refractivity contribution in [3.63, 3.8) is 0 Å². The van der Waals surface area contributed by atoms with Gasteiger partial charge < -0.3 is 39.0 Å². The molecule has 18 nitrogen and oxygen atoms in total. The fourth-order valence-corrected chi connectivity index (χ4v) is 12.1. The van der Waals surface area contributed by atoms with Crippen LogP contribution in [0.15, 0.2) is 48.8 Å². The van der Waals surface area contributed by atoms with E-state index in [2.05, 4.69) is 67.7 Å². The molecule has 10 heterocycles. The van der Waals surface area contributed by atoms with Crippen LogP contribution in [0.5, 0.6) is 0 Å². The van der Waals surface area contributed by atoms with Crippen LogP contribution in [-0.4, -0.2) is 189 Å². The molecule has 2 N–H and O–H groups in total. The van der Waals surface area contributed by atoms with Crippen LogP contribution in [0.25, 0.3) is 33.4 Å². The summed E-state index contributed by atoms with van der Waals surface area (Å²) in [6, 6.07) is 14.4. The van der Waals surface area contributed by atoms with E-state index in [4.69, 9.17) is 39.1 Å². The summed E-state index contributed by atoms with van der Waals surface area (Å²) >= 11 is 0. The van der Waals surface area contributed by atoms with Crippen molar-refractivity contribution in [1.82, 2.24) is 49.3 Å². The molecule has 0 amide bonds.